The van der Waals surface area contributed by atoms with Crippen LogP contribution in [0.1, 0.15) is 53.7 Å². The van der Waals surface area contributed by atoms with Gasteiger partial charge in [0.25, 0.3) is 0 Å². The lowest BCUT2D eigenvalue weighted by atomic mass is 9.94. The second-order valence-electron chi connectivity index (χ2n) is 8.49. The number of nitrogens with zero attached hydrogens (tertiary/aromatic N) is 2. The van der Waals surface area contributed by atoms with Gasteiger partial charge in [-0.1, -0.05) is 35.8 Å². The van der Waals surface area contributed by atoms with Gasteiger partial charge in [-0.15, -0.1) is 0 Å². The first kappa shape index (κ1) is 25.6. The molecule has 0 aliphatic heterocycles. The van der Waals surface area contributed by atoms with E-state index in [2.05, 4.69) is 25.6 Å². The van der Waals surface area contributed by atoms with Crippen LogP contribution in [0.4, 0.5) is 10.8 Å². The molecule has 0 bridgehead atoms. The van der Waals surface area contributed by atoms with Gasteiger partial charge in [0.1, 0.15) is 6.42 Å². The molecular formula is C24H25N5O5S2. The average molecular weight is 528 g/mol. The second kappa shape index (κ2) is 11.5. The van der Waals surface area contributed by atoms with Crippen LogP contribution in [-0.2, 0) is 20.8 Å². The lowest BCUT2D eigenvalue weighted by molar-refractivity contribution is -0.136. The van der Waals surface area contributed by atoms with Crippen molar-refractivity contribution in [2.24, 2.45) is 5.92 Å². The number of hydrogen-bond acceptors (Lipinski definition) is 8. The highest BCUT2D eigenvalue weighted by Crippen LogP contribution is 2.36. The first-order chi connectivity index (χ1) is 17.3. The molecule has 10 nitrogen and oxygen atoms in total. The van der Waals surface area contributed by atoms with Crippen molar-refractivity contribution >= 4 is 57.5 Å². The molecule has 2 aromatic heterocycles. The molecule has 4 rings (SSSR count). The SMILES string of the molecule is Cc1ccc(NC(=O)CC(=O)Nc2nc(CC(=O)O)c(Sc3ncc[nH]3)s2)c(C(=O)C2CCCC2)c1. The van der Waals surface area contributed by atoms with Crippen LogP contribution in [0.5, 0.6) is 0 Å². The number of ketones is 1. The Kier molecular flexibility index (Phi) is 8.16. The number of aromatic amines is 1. The molecule has 2 amide bonds. The van der Waals surface area contributed by atoms with Crippen molar-refractivity contribution in [1.82, 2.24) is 15.0 Å². The van der Waals surface area contributed by atoms with Crippen LogP contribution in [0.2, 0.25) is 0 Å². The molecule has 2 heterocycles. The van der Waals surface area contributed by atoms with E-state index in [0.717, 1.165) is 42.6 Å². The van der Waals surface area contributed by atoms with E-state index in [1.807, 2.05) is 6.92 Å². The van der Waals surface area contributed by atoms with Gasteiger partial charge in [0.05, 0.1) is 22.0 Å². The minimum absolute atomic E-state index is 0.0197. The molecule has 0 saturated heterocycles. The van der Waals surface area contributed by atoms with Gasteiger partial charge < -0.3 is 20.7 Å². The number of nitrogens with one attached hydrogen (secondary N) is 3. The number of Topliss-reactive ketones (excluding diaryl/α,β-unsaturated/α-hetero) is 1. The fourth-order valence-electron chi connectivity index (χ4n) is 4.00. The van der Waals surface area contributed by atoms with E-state index in [4.69, 9.17) is 0 Å². The number of aryl methyl sites for hydroxylation is 1. The topological polar surface area (TPSA) is 154 Å². The summed E-state index contributed by atoms with van der Waals surface area (Å²) in [7, 11) is 0. The number of benzene rings is 1. The average Bonchev–Trinajstić information content (AvgIpc) is 3.58. The number of aromatic nitrogens is 3. The molecule has 188 valence electrons. The predicted molar refractivity (Wildman–Crippen MR) is 136 cm³/mol. The van der Waals surface area contributed by atoms with Gasteiger partial charge in [-0.25, -0.2) is 9.97 Å². The normalized spacial score (nSPS) is 13.5. The summed E-state index contributed by atoms with van der Waals surface area (Å²) < 4.78 is 0.571. The Morgan fingerprint density at radius 2 is 1.92 bits per heavy atom. The molecule has 1 aliphatic carbocycles. The number of carbonyl (C=O) groups is 4. The first-order valence-electron chi connectivity index (χ1n) is 11.4. The number of aliphatic carboxylic acids is 1. The van der Waals surface area contributed by atoms with E-state index in [0.29, 0.717) is 26.3 Å². The summed E-state index contributed by atoms with van der Waals surface area (Å²) in [6.45, 7) is 1.88. The Hall–Kier alpha value is -3.51. The molecule has 1 aliphatic rings. The third kappa shape index (κ3) is 6.58. The lowest BCUT2D eigenvalue weighted by Gasteiger charge is -2.14. The smallest absolute Gasteiger partial charge is 0.309 e. The van der Waals surface area contributed by atoms with Gasteiger partial charge >= 0.3 is 5.97 Å². The Labute approximate surface area is 215 Å². The molecule has 3 aromatic rings. The summed E-state index contributed by atoms with van der Waals surface area (Å²) in [6.07, 6.45) is 6.15. The predicted octanol–water partition coefficient (Wildman–Crippen LogP) is 4.29. The van der Waals surface area contributed by atoms with Gasteiger partial charge in [-0.3, -0.25) is 19.2 Å². The Bertz CT molecular complexity index is 1280. The fourth-order valence-corrected chi connectivity index (χ4v) is 6.03. The number of carbonyl (C=O) groups excluding carboxylic acids is 3. The molecule has 0 unspecified atom stereocenters. The van der Waals surface area contributed by atoms with Crippen molar-refractivity contribution in [1.29, 1.82) is 0 Å². The minimum atomic E-state index is -1.06. The minimum Gasteiger partial charge on any atom is -0.481 e. The van der Waals surface area contributed by atoms with Crippen LogP contribution in [0.15, 0.2) is 40.0 Å². The summed E-state index contributed by atoms with van der Waals surface area (Å²) in [5.41, 5.74) is 2.07. The monoisotopic (exact) mass is 527 g/mol. The van der Waals surface area contributed by atoms with Gasteiger partial charge in [0.2, 0.25) is 11.8 Å². The Balaban J connectivity index is 1.41. The summed E-state index contributed by atoms with van der Waals surface area (Å²) in [5.74, 6) is -2.24. The highest BCUT2D eigenvalue weighted by atomic mass is 32.2. The molecule has 12 heteroatoms. The molecule has 0 spiro atoms. The van der Waals surface area contributed by atoms with Crippen LogP contribution in [0, 0.1) is 12.8 Å². The Morgan fingerprint density at radius 1 is 1.17 bits per heavy atom. The zero-order valence-corrected chi connectivity index (χ0v) is 21.1. The van der Waals surface area contributed by atoms with E-state index < -0.39 is 24.2 Å². The van der Waals surface area contributed by atoms with Gasteiger partial charge in [0, 0.05) is 23.9 Å². The summed E-state index contributed by atoms with van der Waals surface area (Å²) >= 11 is 2.31. The largest absolute Gasteiger partial charge is 0.481 e. The van der Waals surface area contributed by atoms with E-state index in [-0.39, 0.29) is 23.3 Å². The van der Waals surface area contributed by atoms with Gasteiger partial charge in [0.15, 0.2) is 16.1 Å². The van der Waals surface area contributed by atoms with Crippen molar-refractivity contribution in [3.8, 4) is 0 Å². The van der Waals surface area contributed by atoms with E-state index in [1.54, 1.807) is 30.6 Å². The molecule has 1 fully saturated rings. The summed E-state index contributed by atoms with van der Waals surface area (Å²) in [6, 6.07) is 5.26. The van der Waals surface area contributed by atoms with Gasteiger partial charge in [-0.2, -0.15) is 0 Å². The zero-order valence-electron chi connectivity index (χ0n) is 19.5. The highest BCUT2D eigenvalue weighted by molar-refractivity contribution is 8.01. The van der Waals surface area contributed by atoms with E-state index in [9.17, 15) is 24.3 Å². The van der Waals surface area contributed by atoms with Crippen molar-refractivity contribution in [3.63, 3.8) is 0 Å². The molecule has 4 N–H and O–H groups in total. The van der Waals surface area contributed by atoms with Crippen LogP contribution >= 0.6 is 23.1 Å². The van der Waals surface area contributed by atoms with Crippen LogP contribution < -0.4 is 10.6 Å². The number of amides is 2. The number of carboxylic acid groups (broad SMARTS) is 1. The maximum Gasteiger partial charge on any atom is 0.309 e. The van der Waals surface area contributed by atoms with Crippen molar-refractivity contribution in [2.75, 3.05) is 10.6 Å². The number of imidazole rings is 1. The second-order valence-corrected chi connectivity index (χ2v) is 10.7. The van der Waals surface area contributed by atoms with Crippen molar-refractivity contribution in [3.05, 3.63) is 47.4 Å². The molecule has 36 heavy (non-hydrogen) atoms. The van der Waals surface area contributed by atoms with Crippen molar-refractivity contribution in [2.45, 2.75) is 54.8 Å². The van der Waals surface area contributed by atoms with E-state index in [1.165, 1.54) is 11.8 Å². The molecule has 0 radical (unpaired) electrons. The molecule has 0 atom stereocenters. The number of hydrogen-bond donors (Lipinski definition) is 4. The van der Waals surface area contributed by atoms with Crippen LogP contribution in [0.25, 0.3) is 0 Å². The summed E-state index contributed by atoms with van der Waals surface area (Å²) in [4.78, 5) is 60.6. The van der Waals surface area contributed by atoms with Crippen LogP contribution in [0.3, 0.4) is 0 Å². The number of carboxylic acids is 1. The maximum atomic E-state index is 13.0. The maximum absolute atomic E-state index is 13.0. The lowest BCUT2D eigenvalue weighted by Crippen LogP contribution is -2.23. The third-order valence-electron chi connectivity index (χ3n) is 5.65. The number of rotatable bonds is 10. The van der Waals surface area contributed by atoms with Gasteiger partial charge in [-0.05, 0) is 43.7 Å². The standard InChI is InChI=1S/C24H25N5O5S2/c1-13-6-7-16(15(10-13)21(34)14-4-2-3-5-14)27-18(30)12-19(31)29-24-28-17(11-20(32)33)22(36-24)35-23-25-8-9-26-23/h6-10,14H,2-5,11-12H2,1H3,(H,25,26)(H,27,30)(H,32,33)(H,28,29,31). The fraction of sp³-hybridized carbons (Fsp3) is 0.333. The van der Waals surface area contributed by atoms with Crippen molar-refractivity contribution < 1.29 is 24.3 Å². The third-order valence-corrected chi connectivity index (χ3v) is 7.80. The molecule has 1 aromatic carbocycles. The molecular weight excluding hydrogens is 502 g/mol. The molecule has 1 saturated carbocycles. The highest BCUT2D eigenvalue weighted by Gasteiger charge is 2.26. The zero-order chi connectivity index (χ0) is 25.7. The number of H-pyrrole nitrogens is 1. The van der Waals surface area contributed by atoms with Crippen LogP contribution in [-0.4, -0.2) is 43.6 Å². The number of anilines is 2. The quantitative estimate of drug-likeness (QED) is 0.225. The Morgan fingerprint density at radius 3 is 2.61 bits per heavy atom. The first-order valence-corrected chi connectivity index (χ1v) is 13.0. The summed E-state index contributed by atoms with van der Waals surface area (Å²) in [5, 5.41) is 15.2. The number of thiazole rings is 1. The van der Waals surface area contributed by atoms with E-state index >= 15 is 0 Å².